The SMILES string of the molecule is CC(O)(CNc1cccc(Cl)c1Cl)c1ccccc1. The second-order valence-corrected chi connectivity index (χ2v) is 5.38. The zero-order valence-electron chi connectivity index (χ0n) is 10.5. The van der Waals surface area contributed by atoms with E-state index in [4.69, 9.17) is 23.2 Å². The molecule has 0 bridgehead atoms. The van der Waals surface area contributed by atoms with Gasteiger partial charge in [-0.05, 0) is 24.6 Å². The molecule has 2 rings (SSSR count). The Morgan fingerprint density at radius 1 is 1.05 bits per heavy atom. The van der Waals surface area contributed by atoms with Gasteiger partial charge < -0.3 is 10.4 Å². The molecule has 1 unspecified atom stereocenters. The van der Waals surface area contributed by atoms with Crippen LogP contribution in [0.5, 0.6) is 0 Å². The highest BCUT2D eigenvalue weighted by Crippen LogP contribution is 2.30. The molecule has 2 aromatic rings. The Morgan fingerprint density at radius 2 is 1.74 bits per heavy atom. The molecule has 2 nitrogen and oxygen atoms in total. The predicted molar refractivity (Wildman–Crippen MR) is 81.0 cm³/mol. The van der Waals surface area contributed by atoms with Crippen molar-refractivity contribution in [1.82, 2.24) is 0 Å². The fraction of sp³-hybridized carbons (Fsp3) is 0.200. The van der Waals surface area contributed by atoms with Gasteiger partial charge in [-0.25, -0.2) is 0 Å². The topological polar surface area (TPSA) is 32.3 Å². The van der Waals surface area contributed by atoms with Gasteiger partial charge in [-0.2, -0.15) is 0 Å². The van der Waals surface area contributed by atoms with Crippen molar-refractivity contribution in [2.45, 2.75) is 12.5 Å². The molecule has 0 aliphatic heterocycles. The van der Waals surface area contributed by atoms with E-state index in [0.29, 0.717) is 22.3 Å². The summed E-state index contributed by atoms with van der Waals surface area (Å²) in [6, 6.07) is 14.9. The molecule has 19 heavy (non-hydrogen) atoms. The summed E-state index contributed by atoms with van der Waals surface area (Å²) in [7, 11) is 0. The van der Waals surface area contributed by atoms with Gasteiger partial charge in [0.25, 0.3) is 0 Å². The number of benzene rings is 2. The number of hydrogen-bond acceptors (Lipinski definition) is 2. The zero-order valence-corrected chi connectivity index (χ0v) is 12.0. The summed E-state index contributed by atoms with van der Waals surface area (Å²) in [5.41, 5.74) is 0.582. The van der Waals surface area contributed by atoms with Crippen LogP contribution in [-0.4, -0.2) is 11.7 Å². The summed E-state index contributed by atoms with van der Waals surface area (Å²) in [6.07, 6.45) is 0. The van der Waals surface area contributed by atoms with E-state index in [1.54, 1.807) is 13.0 Å². The zero-order chi connectivity index (χ0) is 13.9. The molecular formula is C15H15Cl2NO. The van der Waals surface area contributed by atoms with Crippen molar-refractivity contribution in [3.8, 4) is 0 Å². The second-order valence-electron chi connectivity index (χ2n) is 4.59. The van der Waals surface area contributed by atoms with Gasteiger partial charge in [0.2, 0.25) is 0 Å². The Bertz CT molecular complexity index is 555. The third-order valence-corrected chi connectivity index (χ3v) is 3.79. The molecular weight excluding hydrogens is 281 g/mol. The van der Waals surface area contributed by atoms with Crippen molar-refractivity contribution in [3.63, 3.8) is 0 Å². The first-order chi connectivity index (χ1) is 9.00. The summed E-state index contributed by atoms with van der Waals surface area (Å²) < 4.78 is 0. The van der Waals surface area contributed by atoms with Crippen LogP contribution in [0.4, 0.5) is 5.69 Å². The molecule has 0 aromatic heterocycles. The molecule has 0 amide bonds. The number of nitrogens with one attached hydrogen (secondary N) is 1. The fourth-order valence-electron chi connectivity index (χ4n) is 1.81. The van der Waals surface area contributed by atoms with E-state index in [-0.39, 0.29) is 0 Å². The first-order valence-electron chi connectivity index (χ1n) is 5.96. The van der Waals surface area contributed by atoms with Crippen molar-refractivity contribution in [2.24, 2.45) is 0 Å². The van der Waals surface area contributed by atoms with Crippen LogP contribution >= 0.6 is 23.2 Å². The van der Waals surface area contributed by atoms with Gasteiger partial charge in [0, 0.05) is 6.54 Å². The number of rotatable bonds is 4. The molecule has 0 heterocycles. The Balaban J connectivity index is 2.12. The minimum absolute atomic E-state index is 0.344. The average molecular weight is 296 g/mol. The quantitative estimate of drug-likeness (QED) is 0.881. The first kappa shape index (κ1) is 14.2. The highest BCUT2D eigenvalue weighted by atomic mass is 35.5. The van der Waals surface area contributed by atoms with Gasteiger partial charge in [-0.1, -0.05) is 59.6 Å². The van der Waals surface area contributed by atoms with Crippen molar-refractivity contribution < 1.29 is 5.11 Å². The predicted octanol–water partition coefficient (Wildman–Crippen LogP) is 4.31. The van der Waals surface area contributed by atoms with Gasteiger partial charge in [-0.15, -0.1) is 0 Å². The van der Waals surface area contributed by atoms with Crippen molar-refractivity contribution in [1.29, 1.82) is 0 Å². The minimum atomic E-state index is -0.979. The number of hydrogen-bond donors (Lipinski definition) is 2. The lowest BCUT2D eigenvalue weighted by atomic mass is 9.96. The summed E-state index contributed by atoms with van der Waals surface area (Å²) in [5.74, 6) is 0. The van der Waals surface area contributed by atoms with E-state index < -0.39 is 5.60 Å². The van der Waals surface area contributed by atoms with Gasteiger partial charge in [-0.3, -0.25) is 0 Å². The van der Waals surface area contributed by atoms with Crippen LogP contribution < -0.4 is 5.32 Å². The lowest BCUT2D eigenvalue weighted by molar-refractivity contribution is 0.0715. The van der Waals surface area contributed by atoms with Gasteiger partial charge in [0.05, 0.1) is 15.7 Å². The largest absolute Gasteiger partial charge is 0.384 e. The molecule has 0 saturated heterocycles. The minimum Gasteiger partial charge on any atom is -0.384 e. The van der Waals surface area contributed by atoms with Gasteiger partial charge in [0.15, 0.2) is 0 Å². The molecule has 1 atom stereocenters. The Kier molecular flexibility index (Phi) is 4.35. The normalized spacial score (nSPS) is 13.9. The Hall–Kier alpha value is -1.22. The van der Waals surface area contributed by atoms with E-state index in [1.165, 1.54) is 0 Å². The van der Waals surface area contributed by atoms with Crippen LogP contribution in [0.25, 0.3) is 0 Å². The first-order valence-corrected chi connectivity index (χ1v) is 6.72. The summed E-state index contributed by atoms with van der Waals surface area (Å²) in [6.45, 7) is 2.10. The van der Waals surface area contributed by atoms with Crippen LogP contribution in [0.2, 0.25) is 10.0 Å². The van der Waals surface area contributed by atoms with Crippen molar-refractivity contribution in [3.05, 3.63) is 64.1 Å². The molecule has 0 fully saturated rings. The van der Waals surface area contributed by atoms with E-state index in [0.717, 1.165) is 5.56 Å². The van der Waals surface area contributed by atoms with Crippen LogP contribution in [-0.2, 0) is 5.60 Å². The standard InChI is InChI=1S/C15H15Cl2NO/c1-15(19,11-6-3-2-4-7-11)10-18-13-9-5-8-12(16)14(13)17/h2-9,18-19H,10H2,1H3. The van der Waals surface area contributed by atoms with E-state index in [2.05, 4.69) is 5.32 Å². The molecule has 4 heteroatoms. The lowest BCUT2D eigenvalue weighted by Crippen LogP contribution is -2.30. The Morgan fingerprint density at radius 3 is 2.42 bits per heavy atom. The third-order valence-electron chi connectivity index (χ3n) is 2.97. The molecule has 0 saturated carbocycles. The molecule has 0 radical (unpaired) electrons. The number of aliphatic hydroxyl groups is 1. The Labute approximate surface area is 123 Å². The lowest BCUT2D eigenvalue weighted by Gasteiger charge is -2.25. The van der Waals surface area contributed by atoms with Crippen molar-refractivity contribution >= 4 is 28.9 Å². The summed E-state index contributed by atoms with van der Waals surface area (Å²) in [5, 5.41) is 14.6. The third kappa shape index (κ3) is 3.41. The van der Waals surface area contributed by atoms with Gasteiger partial charge >= 0.3 is 0 Å². The van der Waals surface area contributed by atoms with E-state index >= 15 is 0 Å². The molecule has 0 aliphatic rings. The maximum atomic E-state index is 10.5. The monoisotopic (exact) mass is 295 g/mol. The average Bonchev–Trinajstić information content (AvgIpc) is 2.41. The second kappa shape index (κ2) is 5.83. The smallest absolute Gasteiger partial charge is 0.104 e. The van der Waals surface area contributed by atoms with Gasteiger partial charge in [0.1, 0.15) is 5.60 Å². The molecule has 0 aliphatic carbocycles. The summed E-state index contributed by atoms with van der Waals surface area (Å²) in [4.78, 5) is 0. The summed E-state index contributed by atoms with van der Waals surface area (Å²) >= 11 is 12.0. The molecule has 2 N–H and O–H groups in total. The highest BCUT2D eigenvalue weighted by molar-refractivity contribution is 6.43. The molecule has 0 spiro atoms. The maximum absolute atomic E-state index is 10.5. The fourth-order valence-corrected chi connectivity index (χ4v) is 2.17. The number of halogens is 2. The van der Waals surface area contributed by atoms with Crippen molar-refractivity contribution in [2.75, 3.05) is 11.9 Å². The maximum Gasteiger partial charge on any atom is 0.104 e. The van der Waals surface area contributed by atoms with Crippen LogP contribution in [0.1, 0.15) is 12.5 Å². The van der Waals surface area contributed by atoms with E-state index in [9.17, 15) is 5.11 Å². The molecule has 2 aromatic carbocycles. The van der Waals surface area contributed by atoms with Crippen LogP contribution in [0.3, 0.4) is 0 Å². The highest BCUT2D eigenvalue weighted by Gasteiger charge is 2.22. The van der Waals surface area contributed by atoms with Crippen LogP contribution in [0.15, 0.2) is 48.5 Å². The number of anilines is 1. The van der Waals surface area contributed by atoms with E-state index in [1.807, 2.05) is 42.5 Å². The molecule has 100 valence electrons. The van der Waals surface area contributed by atoms with Crippen LogP contribution in [0, 0.1) is 0 Å².